The molecule has 0 fully saturated rings. The minimum Gasteiger partial charge on any atom is -0.223 e. The highest BCUT2D eigenvalue weighted by Crippen LogP contribution is 2.32. The standard InChI is InChI=1S/C9H8O4S2/c1-2-7-3-4-8-9(5-7)15(12,13)6-14(8,10)11/h2-5H,1,6H2. The van der Waals surface area contributed by atoms with Crippen molar-refractivity contribution in [2.24, 2.45) is 0 Å². The van der Waals surface area contributed by atoms with Crippen LogP contribution in [-0.4, -0.2) is 21.9 Å². The van der Waals surface area contributed by atoms with E-state index in [9.17, 15) is 16.8 Å². The average Bonchev–Trinajstić information content (AvgIpc) is 2.32. The Bertz CT molecular complexity index is 639. The summed E-state index contributed by atoms with van der Waals surface area (Å²) < 4.78 is 46.0. The predicted molar refractivity (Wildman–Crippen MR) is 55.8 cm³/mol. The van der Waals surface area contributed by atoms with Crippen LogP contribution in [0.5, 0.6) is 0 Å². The molecule has 0 amide bonds. The van der Waals surface area contributed by atoms with E-state index < -0.39 is 24.8 Å². The molecule has 0 saturated heterocycles. The van der Waals surface area contributed by atoms with E-state index in [0.717, 1.165) is 0 Å². The first-order valence-corrected chi connectivity index (χ1v) is 7.39. The Kier molecular flexibility index (Phi) is 2.03. The Hall–Kier alpha value is -1.14. The summed E-state index contributed by atoms with van der Waals surface area (Å²) in [4.78, 5) is -0.215. The van der Waals surface area contributed by atoms with E-state index in [4.69, 9.17) is 0 Å². The second-order valence-electron chi connectivity index (χ2n) is 3.26. The van der Waals surface area contributed by atoms with Gasteiger partial charge in [0.15, 0.2) is 24.8 Å². The van der Waals surface area contributed by atoms with Crippen molar-refractivity contribution >= 4 is 25.8 Å². The monoisotopic (exact) mass is 244 g/mol. The Labute approximate surface area is 88.1 Å². The Morgan fingerprint density at radius 3 is 2.27 bits per heavy atom. The van der Waals surface area contributed by atoms with Crippen molar-refractivity contribution in [2.75, 3.05) is 5.08 Å². The summed E-state index contributed by atoms with van der Waals surface area (Å²) in [6, 6.07) is 4.18. The predicted octanol–water partition coefficient (Wildman–Crippen LogP) is 0.848. The molecule has 0 atom stereocenters. The molecule has 80 valence electrons. The van der Waals surface area contributed by atoms with Crippen LogP contribution in [-0.2, 0) is 19.7 Å². The number of hydrogen-bond donors (Lipinski definition) is 0. The summed E-state index contributed by atoms with van der Waals surface area (Å²) in [7, 11) is -7.34. The zero-order valence-corrected chi connectivity index (χ0v) is 9.31. The van der Waals surface area contributed by atoms with Gasteiger partial charge in [-0.25, -0.2) is 16.8 Å². The van der Waals surface area contributed by atoms with Gasteiger partial charge < -0.3 is 0 Å². The van der Waals surface area contributed by atoms with Gasteiger partial charge in [0, 0.05) is 0 Å². The topological polar surface area (TPSA) is 68.3 Å². The lowest BCUT2D eigenvalue weighted by Crippen LogP contribution is -2.04. The van der Waals surface area contributed by atoms with Crippen molar-refractivity contribution in [3.63, 3.8) is 0 Å². The zero-order chi connectivity index (χ0) is 11.3. The van der Waals surface area contributed by atoms with E-state index >= 15 is 0 Å². The molecule has 1 aliphatic rings. The molecule has 0 spiro atoms. The van der Waals surface area contributed by atoms with Crippen LogP contribution in [0.3, 0.4) is 0 Å². The summed E-state index contributed by atoms with van der Waals surface area (Å²) in [6.07, 6.45) is 1.47. The SMILES string of the molecule is C=Cc1ccc2c(c1)S(=O)(=O)CS2(=O)=O. The van der Waals surface area contributed by atoms with Gasteiger partial charge in [-0.05, 0) is 17.7 Å². The number of sulfone groups is 2. The van der Waals surface area contributed by atoms with Crippen LogP contribution in [0.25, 0.3) is 6.08 Å². The van der Waals surface area contributed by atoms with E-state index in [2.05, 4.69) is 6.58 Å². The Morgan fingerprint density at radius 1 is 1.07 bits per heavy atom. The van der Waals surface area contributed by atoms with Gasteiger partial charge >= 0.3 is 0 Å². The normalized spacial score (nSPS) is 20.8. The van der Waals surface area contributed by atoms with Crippen molar-refractivity contribution in [3.05, 3.63) is 30.3 Å². The fourth-order valence-corrected chi connectivity index (χ4v) is 6.23. The highest BCUT2D eigenvalue weighted by Gasteiger charge is 2.38. The maximum Gasteiger partial charge on any atom is 0.194 e. The molecule has 1 aromatic rings. The van der Waals surface area contributed by atoms with Crippen molar-refractivity contribution < 1.29 is 16.8 Å². The maximum atomic E-state index is 11.5. The molecule has 2 rings (SSSR count). The van der Waals surface area contributed by atoms with Crippen LogP contribution in [0.15, 0.2) is 34.6 Å². The molecule has 0 unspecified atom stereocenters. The van der Waals surface area contributed by atoms with Crippen LogP contribution in [0.1, 0.15) is 5.56 Å². The first-order chi connectivity index (χ1) is 6.87. The first-order valence-electron chi connectivity index (χ1n) is 4.09. The van der Waals surface area contributed by atoms with Crippen molar-refractivity contribution in [1.29, 1.82) is 0 Å². The Balaban J connectivity index is 2.88. The van der Waals surface area contributed by atoms with Gasteiger partial charge in [-0.15, -0.1) is 0 Å². The fourth-order valence-electron chi connectivity index (χ4n) is 1.48. The van der Waals surface area contributed by atoms with Crippen molar-refractivity contribution in [2.45, 2.75) is 9.79 Å². The van der Waals surface area contributed by atoms with Gasteiger partial charge in [-0.2, -0.15) is 0 Å². The third-order valence-electron chi connectivity index (χ3n) is 2.18. The highest BCUT2D eigenvalue weighted by molar-refractivity contribution is 8.10. The van der Waals surface area contributed by atoms with Crippen molar-refractivity contribution in [1.82, 2.24) is 0 Å². The van der Waals surface area contributed by atoms with Gasteiger partial charge in [-0.3, -0.25) is 0 Å². The third kappa shape index (κ3) is 1.49. The molecule has 6 heteroatoms. The third-order valence-corrected chi connectivity index (χ3v) is 6.83. The molecular weight excluding hydrogens is 236 g/mol. The van der Waals surface area contributed by atoms with E-state index in [0.29, 0.717) is 5.56 Å². The average molecular weight is 244 g/mol. The summed E-state index contributed by atoms with van der Waals surface area (Å²) in [6.45, 7) is 3.50. The molecular formula is C9H8O4S2. The smallest absolute Gasteiger partial charge is 0.194 e. The molecule has 15 heavy (non-hydrogen) atoms. The minimum absolute atomic E-state index is 0.104. The summed E-state index contributed by atoms with van der Waals surface area (Å²) in [5.74, 6) is 0. The maximum absolute atomic E-state index is 11.5. The minimum atomic E-state index is -3.68. The second kappa shape index (κ2) is 2.93. The van der Waals surface area contributed by atoms with Gasteiger partial charge in [0.2, 0.25) is 0 Å². The van der Waals surface area contributed by atoms with E-state index in [1.54, 1.807) is 0 Å². The molecule has 4 nitrogen and oxygen atoms in total. The van der Waals surface area contributed by atoms with Crippen LogP contribution >= 0.6 is 0 Å². The van der Waals surface area contributed by atoms with Crippen molar-refractivity contribution in [3.8, 4) is 0 Å². The molecule has 0 N–H and O–H groups in total. The highest BCUT2D eigenvalue weighted by atomic mass is 32.3. The molecule has 0 bridgehead atoms. The number of rotatable bonds is 1. The lowest BCUT2D eigenvalue weighted by Gasteiger charge is -1.97. The van der Waals surface area contributed by atoms with Gasteiger partial charge in [0.1, 0.15) is 0 Å². The molecule has 1 aromatic carbocycles. The lowest BCUT2D eigenvalue weighted by atomic mass is 10.2. The van der Waals surface area contributed by atoms with Crippen LogP contribution in [0.4, 0.5) is 0 Å². The number of hydrogen-bond acceptors (Lipinski definition) is 4. The van der Waals surface area contributed by atoms with E-state index in [-0.39, 0.29) is 9.79 Å². The van der Waals surface area contributed by atoms with Gasteiger partial charge in [0.05, 0.1) is 9.79 Å². The largest absolute Gasteiger partial charge is 0.223 e. The molecule has 0 aliphatic carbocycles. The second-order valence-corrected chi connectivity index (χ2v) is 7.54. The number of fused-ring (bicyclic) bond motifs is 1. The summed E-state index contributed by atoms with van der Waals surface area (Å²) in [5, 5.41) is -0.823. The van der Waals surface area contributed by atoms with E-state index in [1.807, 2.05) is 0 Å². The molecule has 0 aromatic heterocycles. The molecule has 1 heterocycles. The fraction of sp³-hybridized carbons (Fsp3) is 0.111. The van der Waals surface area contributed by atoms with E-state index in [1.165, 1.54) is 24.3 Å². The summed E-state index contributed by atoms with van der Waals surface area (Å²) >= 11 is 0. The molecule has 0 radical (unpaired) electrons. The molecule has 1 aliphatic heterocycles. The van der Waals surface area contributed by atoms with Crippen LogP contribution in [0, 0.1) is 0 Å². The van der Waals surface area contributed by atoms with Gasteiger partial charge in [-0.1, -0.05) is 18.7 Å². The Morgan fingerprint density at radius 2 is 1.67 bits per heavy atom. The van der Waals surface area contributed by atoms with Crippen LogP contribution in [0.2, 0.25) is 0 Å². The van der Waals surface area contributed by atoms with Crippen LogP contribution < -0.4 is 0 Å². The van der Waals surface area contributed by atoms with Gasteiger partial charge in [0.25, 0.3) is 0 Å². The quantitative estimate of drug-likeness (QED) is 0.734. The number of benzene rings is 1. The molecule has 0 saturated carbocycles. The lowest BCUT2D eigenvalue weighted by molar-refractivity contribution is 0.598. The zero-order valence-electron chi connectivity index (χ0n) is 7.67. The first kappa shape index (κ1) is 10.4. The summed E-state index contributed by atoms with van der Waals surface area (Å²) in [5.41, 5.74) is 0.592.